The second-order valence-electron chi connectivity index (χ2n) is 6.23. The van der Waals surface area contributed by atoms with Crippen LogP contribution >= 0.6 is 11.6 Å². The van der Waals surface area contributed by atoms with E-state index in [-0.39, 0.29) is 6.04 Å². The van der Waals surface area contributed by atoms with E-state index in [4.69, 9.17) is 27.8 Å². The van der Waals surface area contributed by atoms with E-state index in [1.165, 1.54) is 0 Å². The van der Waals surface area contributed by atoms with E-state index < -0.39 is 0 Å². The van der Waals surface area contributed by atoms with Gasteiger partial charge in [0.2, 0.25) is 0 Å². The molecule has 2 heterocycles. The highest BCUT2D eigenvalue weighted by molar-refractivity contribution is 6.30. The van der Waals surface area contributed by atoms with Crippen LogP contribution in [-0.4, -0.2) is 28.0 Å². The molecule has 26 heavy (non-hydrogen) atoms. The van der Waals surface area contributed by atoms with Crippen LogP contribution < -0.4 is 11.5 Å². The number of ether oxygens (including phenoxy) is 1. The minimum Gasteiger partial charge on any atom is -0.384 e. The minimum absolute atomic E-state index is 0.188. The van der Waals surface area contributed by atoms with E-state index in [2.05, 4.69) is 17.0 Å². The monoisotopic (exact) mass is 373 g/mol. The van der Waals surface area contributed by atoms with Gasteiger partial charge >= 0.3 is 0 Å². The van der Waals surface area contributed by atoms with Crippen LogP contribution in [0, 0.1) is 0 Å². The number of hydrogen-bond acceptors (Lipinski definition) is 5. The first kappa shape index (κ1) is 18.6. The van der Waals surface area contributed by atoms with Crippen LogP contribution in [0.5, 0.6) is 0 Å². The van der Waals surface area contributed by atoms with Crippen LogP contribution in [0.4, 0.5) is 5.82 Å². The molecular weight excluding hydrogens is 350 g/mol. The number of nitrogen functional groups attached to an aromatic ring is 1. The Balaban J connectivity index is 1.54. The van der Waals surface area contributed by atoms with Gasteiger partial charge in [0.25, 0.3) is 0 Å². The average molecular weight is 374 g/mol. The van der Waals surface area contributed by atoms with Crippen LogP contribution in [0.15, 0.2) is 36.5 Å². The highest BCUT2D eigenvalue weighted by Crippen LogP contribution is 2.21. The molecule has 1 atom stereocenters. The van der Waals surface area contributed by atoms with Crippen molar-refractivity contribution in [3.63, 3.8) is 0 Å². The van der Waals surface area contributed by atoms with Crippen molar-refractivity contribution in [2.45, 2.75) is 32.4 Å². The number of hydrogen-bond donors (Lipinski definition) is 2. The zero-order valence-electron chi connectivity index (χ0n) is 14.9. The van der Waals surface area contributed by atoms with Gasteiger partial charge in [-0.3, -0.25) is 4.68 Å². The Morgan fingerprint density at radius 1 is 1.31 bits per heavy atom. The lowest BCUT2D eigenvalue weighted by molar-refractivity contribution is 0.119. The van der Waals surface area contributed by atoms with E-state index in [1.807, 2.05) is 41.2 Å². The zero-order valence-corrected chi connectivity index (χ0v) is 15.6. The van der Waals surface area contributed by atoms with E-state index in [1.54, 1.807) is 0 Å². The van der Waals surface area contributed by atoms with Gasteiger partial charge in [0.1, 0.15) is 5.82 Å². The molecule has 0 saturated carbocycles. The Hall–Kier alpha value is -2.15. The summed E-state index contributed by atoms with van der Waals surface area (Å²) in [4.78, 5) is 4.49. The molecule has 138 valence electrons. The summed E-state index contributed by atoms with van der Waals surface area (Å²) in [6.45, 7) is 3.92. The molecule has 3 rings (SSSR count). The Morgan fingerprint density at radius 2 is 2.15 bits per heavy atom. The van der Waals surface area contributed by atoms with Crippen molar-refractivity contribution in [3.8, 4) is 0 Å². The van der Waals surface area contributed by atoms with Crippen molar-refractivity contribution in [2.24, 2.45) is 5.73 Å². The molecule has 0 radical (unpaired) electrons. The molecule has 0 aliphatic heterocycles. The van der Waals surface area contributed by atoms with Crippen LogP contribution in [-0.2, 0) is 17.7 Å². The molecule has 0 spiro atoms. The summed E-state index contributed by atoms with van der Waals surface area (Å²) in [6.07, 6.45) is 3.45. The number of anilines is 1. The van der Waals surface area contributed by atoms with Gasteiger partial charge in [-0.25, -0.2) is 4.98 Å². The van der Waals surface area contributed by atoms with Crippen molar-refractivity contribution >= 4 is 28.3 Å². The summed E-state index contributed by atoms with van der Waals surface area (Å²) in [5.41, 5.74) is 15.1. The zero-order chi connectivity index (χ0) is 18.5. The molecule has 0 aliphatic rings. The number of fused-ring (bicyclic) bond motifs is 1. The van der Waals surface area contributed by atoms with Gasteiger partial charge < -0.3 is 16.2 Å². The number of halogens is 1. The number of aryl methyl sites for hydroxylation is 2. The SMILES string of the molecule is CCn1ncc2cc(N)nc(CCCOC[C@@H](N)c3cccc(Cl)c3)c21. The molecule has 0 saturated heterocycles. The summed E-state index contributed by atoms with van der Waals surface area (Å²) in [5, 5.41) is 6.10. The van der Waals surface area contributed by atoms with Crippen molar-refractivity contribution in [1.82, 2.24) is 14.8 Å². The molecule has 2 aromatic heterocycles. The smallest absolute Gasteiger partial charge is 0.124 e. The highest BCUT2D eigenvalue weighted by atomic mass is 35.5. The fraction of sp³-hybridized carbons (Fsp3) is 0.368. The Kier molecular flexibility index (Phi) is 6.08. The standard InChI is InChI=1S/C19H24ClN5O/c1-2-25-19-14(11-23-25)10-18(22)24-17(19)7-4-8-26-12-16(21)13-5-3-6-15(20)9-13/h3,5-6,9-11,16H,2,4,7-8,12,21H2,1H3,(H2,22,24)/t16-/m1/s1. The predicted molar refractivity (Wildman–Crippen MR) is 105 cm³/mol. The average Bonchev–Trinajstić information content (AvgIpc) is 3.04. The first-order valence-electron chi connectivity index (χ1n) is 8.78. The quantitative estimate of drug-likeness (QED) is 0.591. The molecule has 3 aromatic rings. The number of nitrogens with zero attached hydrogens (tertiary/aromatic N) is 3. The Labute approximate surface area is 158 Å². The molecular formula is C19H24ClN5O. The van der Waals surface area contributed by atoms with Crippen LogP contribution in [0.2, 0.25) is 5.02 Å². The maximum Gasteiger partial charge on any atom is 0.124 e. The van der Waals surface area contributed by atoms with E-state index >= 15 is 0 Å². The fourth-order valence-corrected chi connectivity index (χ4v) is 3.22. The van der Waals surface area contributed by atoms with E-state index in [0.717, 1.165) is 41.5 Å². The lowest BCUT2D eigenvalue weighted by Gasteiger charge is -2.13. The van der Waals surface area contributed by atoms with Gasteiger partial charge in [0.05, 0.1) is 30.1 Å². The van der Waals surface area contributed by atoms with E-state index in [9.17, 15) is 0 Å². The number of rotatable bonds is 8. The normalized spacial score (nSPS) is 12.6. The molecule has 6 nitrogen and oxygen atoms in total. The van der Waals surface area contributed by atoms with Gasteiger partial charge in [0, 0.05) is 23.6 Å². The molecule has 0 amide bonds. The summed E-state index contributed by atoms with van der Waals surface area (Å²) in [5.74, 6) is 0.520. The van der Waals surface area contributed by atoms with Gasteiger partial charge in [-0.2, -0.15) is 5.10 Å². The van der Waals surface area contributed by atoms with Crippen molar-refractivity contribution in [2.75, 3.05) is 18.9 Å². The first-order valence-corrected chi connectivity index (χ1v) is 9.16. The lowest BCUT2D eigenvalue weighted by Crippen LogP contribution is -2.17. The van der Waals surface area contributed by atoms with E-state index in [0.29, 0.717) is 24.1 Å². The molecule has 1 aromatic carbocycles. The predicted octanol–water partition coefficient (Wildman–Crippen LogP) is 3.34. The Morgan fingerprint density at radius 3 is 2.92 bits per heavy atom. The maximum atomic E-state index is 6.15. The highest BCUT2D eigenvalue weighted by Gasteiger charge is 2.11. The van der Waals surface area contributed by atoms with Gasteiger partial charge in [-0.1, -0.05) is 23.7 Å². The molecule has 0 fully saturated rings. The largest absolute Gasteiger partial charge is 0.384 e. The van der Waals surface area contributed by atoms with Gasteiger partial charge in [0.15, 0.2) is 0 Å². The van der Waals surface area contributed by atoms with Gasteiger partial charge in [-0.05, 0) is 43.5 Å². The van der Waals surface area contributed by atoms with Crippen molar-refractivity contribution in [1.29, 1.82) is 0 Å². The third kappa shape index (κ3) is 4.33. The second kappa shape index (κ2) is 8.49. The topological polar surface area (TPSA) is 92.0 Å². The number of aromatic nitrogens is 3. The Bertz CT molecular complexity index is 879. The fourth-order valence-electron chi connectivity index (χ4n) is 3.02. The minimum atomic E-state index is -0.188. The van der Waals surface area contributed by atoms with Gasteiger partial charge in [-0.15, -0.1) is 0 Å². The summed E-state index contributed by atoms with van der Waals surface area (Å²) in [7, 11) is 0. The molecule has 4 N–H and O–H groups in total. The molecule has 0 bridgehead atoms. The van der Waals surface area contributed by atoms with Crippen LogP contribution in [0.3, 0.4) is 0 Å². The summed E-state index contributed by atoms with van der Waals surface area (Å²) in [6, 6.07) is 9.23. The molecule has 0 aliphatic carbocycles. The number of nitrogens with two attached hydrogens (primary N) is 2. The maximum absolute atomic E-state index is 6.15. The lowest BCUT2D eigenvalue weighted by atomic mass is 10.1. The van der Waals surface area contributed by atoms with Crippen LogP contribution in [0.25, 0.3) is 10.9 Å². The third-order valence-corrected chi connectivity index (χ3v) is 4.52. The summed E-state index contributed by atoms with van der Waals surface area (Å²) >= 11 is 6.00. The first-order chi connectivity index (χ1) is 12.6. The van der Waals surface area contributed by atoms with Crippen LogP contribution in [0.1, 0.15) is 30.6 Å². The summed E-state index contributed by atoms with van der Waals surface area (Å²) < 4.78 is 7.69. The van der Waals surface area contributed by atoms with Crippen molar-refractivity contribution in [3.05, 3.63) is 52.8 Å². The second-order valence-corrected chi connectivity index (χ2v) is 6.67. The molecule has 0 unspecified atom stereocenters. The van der Waals surface area contributed by atoms with Crippen molar-refractivity contribution < 1.29 is 4.74 Å². The molecule has 7 heteroatoms. The number of benzene rings is 1. The third-order valence-electron chi connectivity index (χ3n) is 4.28. The number of pyridine rings is 1.